The minimum Gasteiger partial charge on any atom is -0.339 e. The lowest BCUT2D eigenvalue weighted by molar-refractivity contribution is 0.0763. The third-order valence-corrected chi connectivity index (χ3v) is 5.23. The van der Waals surface area contributed by atoms with Crippen molar-refractivity contribution in [2.75, 3.05) is 13.1 Å². The zero-order valence-electron chi connectivity index (χ0n) is 15.2. The van der Waals surface area contributed by atoms with Gasteiger partial charge in [0.05, 0.1) is 16.8 Å². The van der Waals surface area contributed by atoms with E-state index in [9.17, 15) is 4.79 Å². The zero-order valence-corrected chi connectivity index (χ0v) is 15.2. The maximum Gasteiger partial charge on any atom is 0.254 e. The van der Waals surface area contributed by atoms with Crippen LogP contribution in [-0.2, 0) is 0 Å². The number of hydrogen-bond acceptors (Lipinski definition) is 2. The molecule has 1 aliphatic rings. The number of aromatic nitrogens is 1. The van der Waals surface area contributed by atoms with Crippen molar-refractivity contribution in [1.29, 1.82) is 0 Å². The Bertz CT molecular complexity index is 926. The van der Waals surface area contributed by atoms with Crippen molar-refractivity contribution < 1.29 is 4.79 Å². The molecule has 0 unspecified atom stereocenters. The third-order valence-electron chi connectivity index (χ3n) is 5.23. The summed E-state index contributed by atoms with van der Waals surface area (Å²) in [7, 11) is 0. The summed E-state index contributed by atoms with van der Waals surface area (Å²) in [5.41, 5.74) is 4.71. The predicted molar refractivity (Wildman–Crippen MR) is 106 cm³/mol. The molecule has 0 spiro atoms. The van der Waals surface area contributed by atoms with Gasteiger partial charge in [-0.1, -0.05) is 61.4 Å². The minimum absolute atomic E-state index is 0.141. The van der Waals surface area contributed by atoms with Crippen LogP contribution in [0.15, 0.2) is 54.6 Å². The Morgan fingerprint density at radius 1 is 0.923 bits per heavy atom. The molecule has 3 heteroatoms. The van der Waals surface area contributed by atoms with Gasteiger partial charge in [-0.15, -0.1) is 0 Å². The first-order valence-electron chi connectivity index (χ1n) is 9.49. The Morgan fingerprint density at radius 3 is 2.38 bits per heavy atom. The van der Waals surface area contributed by atoms with Crippen molar-refractivity contribution >= 4 is 16.8 Å². The fourth-order valence-corrected chi connectivity index (χ4v) is 3.77. The molecule has 0 aliphatic carbocycles. The van der Waals surface area contributed by atoms with Gasteiger partial charge in [-0.3, -0.25) is 4.79 Å². The van der Waals surface area contributed by atoms with Crippen LogP contribution in [0.25, 0.3) is 22.2 Å². The van der Waals surface area contributed by atoms with E-state index in [4.69, 9.17) is 4.98 Å². The number of likely N-dealkylation sites (tertiary alicyclic amines) is 1. The fraction of sp³-hybridized carbons (Fsp3) is 0.304. The molecule has 2 heterocycles. The standard InChI is InChI=1S/C23H24N2O/c1-17-10-9-13-19-20(23(26)25-14-7-2-3-8-15-25)16-21(24-22(17)19)18-11-5-4-6-12-18/h4-6,9-13,16H,2-3,7-8,14-15H2,1H3. The first-order valence-corrected chi connectivity index (χ1v) is 9.49. The first kappa shape index (κ1) is 16.8. The zero-order chi connectivity index (χ0) is 17.9. The molecule has 4 rings (SSSR count). The van der Waals surface area contributed by atoms with Gasteiger partial charge in [-0.25, -0.2) is 4.98 Å². The highest BCUT2D eigenvalue weighted by atomic mass is 16.2. The van der Waals surface area contributed by atoms with E-state index in [0.717, 1.165) is 59.2 Å². The van der Waals surface area contributed by atoms with E-state index in [2.05, 4.69) is 13.0 Å². The number of hydrogen-bond donors (Lipinski definition) is 0. The molecule has 0 radical (unpaired) electrons. The lowest BCUT2D eigenvalue weighted by atomic mass is 10.0. The van der Waals surface area contributed by atoms with Crippen molar-refractivity contribution in [2.24, 2.45) is 0 Å². The number of fused-ring (bicyclic) bond motifs is 1. The third kappa shape index (κ3) is 3.22. The van der Waals surface area contributed by atoms with E-state index >= 15 is 0 Å². The Morgan fingerprint density at radius 2 is 1.65 bits per heavy atom. The Kier molecular flexibility index (Phi) is 4.70. The van der Waals surface area contributed by atoms with Crippen molar-refractivity contribution in [1.82, 2.24) is 9.88 Å². The number of carbonyl (C=O) groups excluding carboxylic acids is 1. The van der Waals surface area contributed by atoms with Gasteiger partial charge >= 0.3 is 0 Å². The maximum atomic E-state index is 13.4. The summed E-state index contributed by atoms with van der Waals surface area (Å²) in [5.74, 6) is 0.141. The summed E-state index contributed by atoms with van der Waals surface area (Å²) in [6, 6.07) is 18.2. The predicted octanol–water partition coefficient (Wildman–Crippen LogP) is 5.23. The Labute approximate surface area is 154 Å². The summed E-state index contributed by atoms with van der Waals surface area (Å²) in [4.78, 5) is 20.3. The molecule has 0 bridgehead atoms. The summed E-state index contributed by atoms with van der Waals surface area (Å²) in [6.45, 7) is 3.77. The molecule has 1 aliphatic heterocycles. The number of carbonyl (C=O) groups is 1. The van der Waals surface area contributed by atoms with Gasteiger partial charge in [-0.05, 0) is 31.4 Å². The number of amides is 1. The SMILES string of the molecule is Cc1cccc2c(C(=O)N3CCCCCC3)cc(-c3ccccc3)nc12. The molecule has 1 aromatic heterocycles. The monoisotopic (exact) mass is 344 g/mol. The van der Waals surface area contributed by atoms with Crippen molar-refractivity contribution in [2.45, 2.75) is 32.6 Å². The molecular formula is C23H24N2O. The minimum atomic E-state index is 0.141. The molecule has 3 aromatic rings. The van der Waals surface area contributed by atoms with Crippen LogP contribution in [0.5, 0.6) is 0 Å². The molecule has 0 atom stereocenters. The average Bonchev–Trinajstić information content (AvgIpc) is 2.97. The highest BCUT2D eigenvalue weighted by Crippen LogP contribution is 2.28. The van der Waals surface area contributed by atoms with Crippen LogP contribution in [0.3, 0.4) is 0 Å². The largest absolute Gasteiger partial charge is 0.339 e. The van der Waals surface area contributed by atoms with Crippen LogP contribution in [-0.4, -0.2) is 28.9 Å². The van der Waals surface area contributed by atoms with E-state index in [-0.39, 0.29) is 5.91 Å². The smallest absolute Gasteiger partial charge is 0.254 e. The summed E-state index contributed by atoms with van der Waals surface area (Å²) >= 11 is 0. The van der Waals surface area contributed by atoms with Crippen molar-refractivity contribution in [3.63, 3.8) is 0 Å². The maximum absolute atomic E-state index is 13.4. The van der Waals surface area contributed by atoms with Crippen LogP contribution in [0.1, 0.15) is 41.6 Å². The van der Waals surface area contributed by atoms with Crippen molar-refractivity contribution in [3.8, 4) is 11.3 Å². The van der Waals surface area contributed by atoms with E-state index in [0.29, 0.717) is 0 Å². The van der Waals surface area contributed by atoms with Gasteiger partial charge in [-0.2, -0.15) is 0 Å². The Balaban J connectivity index is 1.86. The number of para-hydroxylation sites is 1. The number of aryl methyl sites for hydroxylation is 1. The molecule has 132 valence electrons. The van der Waals surface area contributed by atoms with Crippen LogP contribution in [0.4, 0.5) is 0 Å². The van der Waals surface area contributed by atoms with E-state index in [1.54, 1.807) is 0 Å². The average molecular weight is 344 g/mol. The quantitative estimate of drug-likeness (QED) is 0.638. The number of benzene rings is 2. The number of nitrogens with zero attached hydrogens (tertiary/aromatic N) is 2. The lowest BCUT2D eigenvalue weighted by Gasteiger charge is -2.22. The molecule has 0 N–H and O–H groups in total. The molecule has 0 saturated carbocycles. The van der Waals surface area contributed by atoms with Crippen molar-refractivity contribution in [3.05, 3.63) is 65.7 Å². The molecule has 1 saturated heterocycles. The number of pyridine rings is 1. The second-order valence-corrected chi connectivity index (χ2v) is 7.10. The van der Waals surface area contributed by atoms with Gasteiger partial charge in [0, 0.05) is 24.0 Å². The second kappa shape index (κ2) is 7.28. The topological polar surface area (TPSA) is 33.2 Å². The van der Waals surface area contributed by atoms with E-state index in [1.807, 2.05) is 53.4 Å². The molecular weight excluding hydrogens is 320 g/mol. The van der Waals surface area contributed by atoms with Gasteiger partial charge in [0.1, 0.15) is 0 Å². The van der Waals surface area contributed by atoms with Crippen LogP contribution < -0.4 is 0 Å². The summed E-state index contributed by atoms with van der Waals surface area (Å²) < 4.78 is 0. The molecule has 26 heavy (non-hydrogen) atoms. The van der Waals surface area contributed by atoms with Crippen LogP contribution >= 0.6 is 0 Å². The highest BCUT2D eigenvalue weighted by Gasteiger charge is 2.21. The van der Waals surface area contributed by atoms with Gasteiger partial charge in [0.15, 0.2) is 0 Å². The second-order valence-electron chi connectivity index (χ2n) is 7.10. The lowest BCUT2D eigenvalue weighted by Crippen LogP contribution is -2.32. The van der Waals surface area contributed by atoms with Gasteiger partial charge in [0.2, 0.25) is 0 Å². The highest BCUT2D eigenvalue weighted by molar-refractivity contribution is 6.07. The fourth-order valence-electron chi connectivity index (χ4n) is 3.77. The van der Waals surface area contributed by atoms with E-state index < -0.39 is 0 Å². The van der Waals surface area contributed by atoms with Crippen LogP contribution in [0.2, 0.25) is 0 Å². The Hall–Kier alpha value is -2.68. The number of rotatable bonds is 2. The van der Waals surface area contributed by atoms with Crippen LogP contribution in [0, 0.1) is 6.92 Å². The normalized spacial score (nSPS) is 15.0. The molecule has 2 aromatic carbocycles. The summed E-state index contributed by atoms with van der Waals surface area (Å²) in [5, 5.41) is 0.957. The summed E-state index contributed by atoms with van der Waals surface area (Å²) in [6.07, 6.45) is 4.63. The van der Waals surface area contributed by atoms with E-state index in [1.165, 1.54) is 12.8 Å². The molecule has 1 amide bonds. The molecule has 3 nitrogen and oxygen atoms in total. The van der Waals surface area contributed by atoms with Gasteiger partial charge < -0.3 is 4.90 Å². The van der Waals surface area contributed by atoms with Gasteiger partial charge in [0.25, 0.3) is 5.91 Å². The first-order chi connectivity index (χ1) is 12.7. The molecule has 1 fully saturated rings.